The Bertz CT molecular complexity index is 786. The van der Waals surface area contributed by atoms with Crippen LogP contribution in [0.3, 0.4) is 0 Å². The normalized spacial score (nSPS) is 11.1. The summed E-state index contributed by atoms with van der Waals surface area (Å²) in [6.45, 7) is 4.64. The van der Waals surface area contributed by atoms with Crippen molar-refractivity contribution in [2.24, 2.45) is 0 Å². The molecular formula is C11H12N6OS. The number of aromatic amines is 1. The number of rotatable bonds is 3. The van der Waals surface area contributed by atoms with Gasteiger partial charge in [-0.05, 0) is 13.8 Å². The second-order valence-electron chi connectivity index (χ2n) is 4.01. The summed E-state index contributed by atoms with van der Waals surface area (Å²) in [6, 6.07) is 0. The fourth-order valence-electron chi connectivity index (χ4n) is 1.73. The van der Waals surface area contributed by atoms with E-state index in [1.54, 1.807) is 10.9 Å². The van der Waals surface area contributed by atoms with Crippen LogP contribution in [0.5, 0.6) is 0 Å². The lowest BCUT2D eigenvalue weighted by atomic mass is 10.5. The van der Waals surface area contributed by atoms with Crippen molar-refractivity contribution in [1.29, 1.82) is 0 Å². The Hall–Kier alpha value is -2.22. The van der Waals surface area contributed by atoms with E-state index in [1.165, 1.54) is 11.3 Å². The maximum atomic E-state index is 11.9. The molecule has 0 aliphatic rings. The van der Waals surface area contributed by atoms with Gasteiger partial charge in [0.15, 0.2) is 10.3 Å². The Morgan fingerprint density at radius 2 is 2.32 bits per heavy atom. The highest BCUT2D eigenvalue weighted by molar-refractivity contribution is 7.18. The van der Waals surface area contributed by atoms with E-state index in [1.807, 2.05) is 20.0 Å². The number of aromatic nitrogens is 5. The number of hydrogen-bond donors (Lipinski definition) is 2. The molecule has 19 heavy (non-hydrogen) atoms. The summed E-state index contributed by atoms with van der Waals surface area (Å²) >= 11 is 1.40. The lowest BCUT2D eigenvalue weighted by Gasteiger charge is -2.01. The van der Waals surface area contributed by atoms with Gasteiger partial charge >= 0.3 is 0 Å². The molecule has 0 fully saturated rings. The summed E-state index contributed by atoms with van der Waals surface area (Å²) < 4.78 is 1.79. The van der Waals surface area contributed by atoms with Crippen molar-refractivity contribution in [2.75, 3.05) is 5.32 Å². The first kappa shape index (κ1) is 11.8. The lowest BCUT2D eigenvalue weighted by molar-refractivity contribution is 0.660. The molecule has 0 radical (unpaired) electrons. The summed E-state index contributed by atoms with van der Waals surface area (Å²) in [4.78, 5) is 23.6. The van der Waals surface area contributed by atoms with Gasteiger partial charge in [0, 0.05) is 12.7 Å². The summed E-state index contributed by atoms with van der Waals surface area (Å²) in [7, 11) is 0. The second kappa shape index (κ2) is 4.47. The summed E-state index contributed by atoms with van der Waals surface area (Å²) in [5, 5.41) is 8.00. The number of thiazole rings is 1. The van der Waals surface area contributed by atoms with Crippen LogP contribution < -0.4 is 10.9 Å². The highest BCUT2D eigenvalue weighted by Gasteiger charge is 2.09. The summed E-state index contributed by atoms with van der Waals surface area (Å²) in [6.07, 6.45) is 3.54. The van der Waals surface area contributed by atoms with Gasteiger partial charge in [-0.25, -0.2) is 9.97 Å². The first-order valence-corrected chi connectivity index (χ1v) is 6.64. The second-order valence-corrected chi connectivity index (χ2v) is 5.19. The van der Waals surface area contributed by atoms with Crippen molar-refractivity contribution in [3.8, 4) is 0 Å². The molecule has 0 spiro atoms. The van der Waals surface area contributed by atoms with Gasteiger partial charge in [-0.15, -0.1) is 0 Å². The van der Waals surface area contributed by atoms with E-state index < -0.39 is 0 Å². The minimum Gasteiger partial charge on any atom is -0.323 e. The van der Waals surface area contributed by atoms with Crippen LogP contribution in [0, 0.1) is 6.92 Å². The molecule has 0 saturated carbocycles. The van der Waals surface area contributed by atoms with E-state index in [4.69, 9.17) is 0 Å². The molecular weight excluding hydrogens is 264 g/mol. The molecule has 2 N–H and O–H groups in total. The molecule has 8 heteroatoms. The number of anilines is 2. The number of H-pyrrole nitrogens is 1. The third-order valence-electron chi connectivity index (χ3n) is 2.60. The molecule has 0 aliphatic heterocycles. The minimum absolute atomic E-state index is 0.236. The summed E-state index contributed by atoms with van der Waals surface area (Å²) in [5.41, 5.74) is 0.933. The van der Waals surface area contributed by atoms with E-state index in [-0.39, 0.29) is 5.56 Å². The molecule has 0 unspecified atom stereocenters. The Kier molecular flexibility index (Phi) is 2.79. The largest absolute Gasteiger partial charge is 0.323 e. The fourth-order valence-corrected chi connectivity index (χ4v) is 2.52. The van der Waals surface area contributed by atoms with Gasteiger partial charge in [-0.3, -0.25) is 14.5 Å². The predicted molar refractivity (Wildman–Crippen MR) is 74.0 cm³/mol. The van der Waals surface area contributed by atoms with Crippen LogP contribution in [0.1, 0.15) is 11.9 Å². The molecule has 0 aliphatic carbocycles. The van der Waals surface area contributed by atoms with Crippen molar-refractivity contribution in [3.05, 3.63) is 27.8 Å². The van der Waals surface area contributed by atoms with Crippen LogP contribution in [0.25, 0.3) is 10.3 Å². The van der Waals surface area contributed by atoms with Crippen molar-refractivity contribution >= 4 is 33.3 Å². The number of fused-ring (bicyclic) bond motifs is 1. The number of nitrogens with one attached hydrogen (secondary N) is 2. The zero-order valence-electron chi connectivity index (χ0n) is 10.5. The fraction of sp³-hybridized carbons (Fsp3) is 0.273. The molecule has 0 saturated heterocycles. The van der Waals surface area contributed by atoms with Crippen LogP contribution >= 0.6 is 11.3 Å². The minimum atomic E-state index is -0.236. The molecule has 3 aromatic rings. The first-order valence-electron chi connectivity index (χ1n) is 5.82. The topological polar surface area (TPSA) is 88.5 Å². The monoisotopic (exact) mass is 276 g/mol. The van der Waals surface area contributed by atoms with E-state index in [2.05, 4.69) is 25.4 Å². The van der Waals surface area contributed by atoms with Gasteiger partial charge in [0.05, 0.1) is 16.9 Å². The van der Waals surface area contributed by atoms with E-state index >= 15 is 0 Å². The maximum absolute atomic E-state index is 11.9. The van der Waals surface area contributed by atoms with E-state index in [9.17, 15) is 4.79 Å². The Morgan fingerprint density at radius 1 is 1.47 bits per heavy atom. The van der Waals surface area contributed by atoms with Gasteiger partial charge in [0.2, 0.25) is 5.95 Å². The van der Waals surface area contributed by atoms with E-state index in [0.29, 0.717) is 16.3 Å². The lowest BCUT2D eigenvalue weighted by Crippen LogP contribution is -2.10. The van der Waals surface area contributed by atoms with Gasteiger partial charge in [-0.2, -0.15) is 5.10 Å². The van der Waals surface area contributed by atoms with Crippen molar-refractivity contribution in [3.63, 3.8) is 0 Å². The van der Waals surface area contributed by atoms with Crippen LogP contribution in [0.15, 0.2) is 17.2 Å². The van der Waals surface area contributed by atoms with Crippen molar-refractivity contribution < 1.29 is 0 Å². The van der Waals surface area contributed by atoms with Crippen LogP contribution in [0.4, 0.5) is 11.6 Å². The molecule has 0 bridgehead atoms. The van der Waals surface area contributed by atoms with Crippen LogP contribution in [-0.2, 0) is 6.54 Å². The Morgan fingerprint density at radius 3 is 3.05 bits per heavy atom. The number of nitrogens with zero attached hydrogens (tertiary/aromatic N) is 4. The molecule has 0 amide bonds. The Labute approximate surface area is 112 Å². The van der Waals surface area contributed by atoms with Gasteiger partial charge in [-0.1, -0.05) is 11.3 Å². The molecule has 3 aromatic heterocycles. The quantitative estimate of drug-likeness (QED) is 0.759. The highest BCUT2D eigenvalue weighted by atomic mass is 32.1. The van der Waals surface area contributed by atoms with Gasteiger partial charge < -0.3 is 5.32 Å². The standard InChI is InChI=1S/C11H12N6OS/c1-3-17-5-7(4-12-17)14-11-15-9(18)8-10(16-11)19-6(2)13-8/h4-5H,3H2,1-2H3,(H2,14,15,16,18). The third kappa shape index (κ3) is 2.22. The molecule has 0 aromatic carbocycles. The summed E-state index contributed by atoms with van der Waals surface area (Å²) in [5.74, 6) is 0.400. The van der Waals surface area contributed by atoms with Gasteiger partial charge in [0.1, 0.15) is 0 Å². The number of hydrogen-bond acceptors (Lipinski definition) is 6. The molecule has 98 valence electrons. The Balaban J connectivity index is 1.98. The van der Waals surface area contributed by atoms with Crippen LogP contribution in [0.2, 0.25) is 0 Å². The van der Waals surface area contributed by atoms with Crippen molar-refractivity contribution in [2.45, 2.75) is 20.4 Å². The SMILES string of the molecule is CCn1cc(Nc2nc3sc(C)nc3c(=O)[nH]2)cn1. The molecule has 3 heterocycles. The zero-order chi connectivity index (χ0) is 13.4. The first-order chi connectivity index (χ1) is 9.15. The van der Waals surface area contributed by atoms with E-state index in [0.717, 1.165) is 17.2 Å². The van der Waals surface area contributed by atoms with Gasteiger partial charge in [0.25, 0.3) is 5.56 Å². The number of aryl methyl sites for hydroxylation is 2. The average Bonchev–Trinajstić information content (AvgIpc) is 2.95. The van der Waals surface area contributed by atoms with Crippen LogP contribution in [-0.4, -0.2) is 24.7 Å². The average molecular weight is 276 g/mol. The maximum Gasteiger partial charge on any atom is 0.279 e. The molecule has 7 nitrogen and oxygen atoms in total. The zero-order valence-corrected chi connectivity index (χ0v) is 11.3. The predicted octanol–water partition coefficient (Wildman–Crippen LogP) is 1.65. The van der Waals surface area contributed by atoms with Crippen molar-refractivity contribution in [1.82, 2.24) is 24.7 Å². The molecule has 0 atom stereocenters. The third-order valence-corrected chi connectivity index (χ3v) is 3.46. The highest BCUT2D eigenvalue weighted by Crippen LogP contribution is 2.18. The smallest absolute Gasteiger partial charge is 0.279 e. The molecule has 3 rings (SSSR count).